The van der Waals surface area contributed by atoms with Gasteiger partial charge >= 0.3 is 13.6 Å². The van der Waals surface area contributed by atoms with E-state index < -0.39 is 25.0 Å². The zero-order chi connectivity index (χ0) is 19.3. The first-order valence-electron chi connectivity index (χ1n) is 8.72. The molecule has 2 unspecified atom stereocenters. The molecule has 0 aliphatic carbocycles. The van der Waals surface area contributed by atoms with Crippen molar-refractivity contribution in [1.82, 2.24) is 4.48 Å². The van der Waals surface area contributed by atoms with Crippen molar-refractivity contribution in [3.8, 4) is 0 Å². The van der Waals surface area contributed by atoms with Gasteiger partial charge in [-0.1, -0.05) is 12.7 Å². The summed E-state index contributed by atoms with van der Waals surface area (Å²) >= 11 is 0. The molecule has 0 amide bonds. The Kier molecular flexibility index (Phi) is 4.52. The summed E-state index contributed by atoms with van der Waals surface area (Å²) in [6, 6.07) is 4.07. The number of nitrogens with zero attached hydrogens (tertiary/aromatic N) is 1. The monoisotopic (exact) mass is 378 g/mol. The topological polar surface area (TPSA) is 94.8 Å². The van der Waals surface area contributed by atoms with Crippen molar-refractivity contribution < 1.29 is 24.3 Å². The largest absolute Gasteiger partial charge is 0.477 e. The lowest BCUT2D eigenvalue weighted by molar-refractivity contribution is -0.143. The average molecular weight is 378 g/mol. The highest BCUT2D eigenvalue weighted by Crippen LogP contribution is 2.56. The van der Waals surface area contributed by atoms with Crippen molar-refractivity contribution >= 4 is 24.6 Å². The van der Waals surface area contributed by atoms with Crippen LogP contribution < -0.4 is 9.79 Å². The van der Waals surface area contributed by atoms with Crippen LogP contribution in [0.1, 0.15) is 38.7 Å². The number of carboxylic acid groups (broad SMARTS) is 1. The van der Waals surface area contributed by atoms with Crippen LogP contribution in [0, 0.1) is 0 Å². The van der Waals surface area contributed by atoms with Crippen molar-refractivity contribution in [3.63, 3.8) is 0 Å². The minimum absolute atomic E-state index is 0.0359. The van der Waals surface area contributed by atoms with E-state index in [0.29, 0.717) is 13.0 Å². The maximum absolute atomic E-state index is 12.1. The van der Waals surface area contributed by atoms with Crippen molar-refractivity contribution in [3.05, 3.63) is 48.2 Å². The number of hydrogen-bond acceptors (Lipinski definition) is 2. The third-order valence-corrected chi connectivity index (χ3v) is 6.77. The normalized spacial score (nSPS) is 28.9. The van der Waals surface area contributed by atoms with Crippen molar-refractivity contribution in [2.75, 3.05) is 6.54 Å². The molecule has 0 bridgehead atoms. The maximum atomic E-state index is 12.1. The highest BCUT2D eigenvalue weighted by atomic mass is 31.2. The van der Waals surface area contributed by atoms with Gasteiger partial charge in [0, 0.05) is 18.1 Å². The second kappa shape index (κ2) is 6.17. The van der Waals surface area contributed by atoms with Crippen LogP contribution in [0.25, 0.3) is 0 Å². The number of rotatable bonds is 3. The van der Waals surface area contributed by atoms with E-state index >= 15 is 0 Å². The summed E-state index contributed by atoms with van der Waals surface area (Å²) in [6.45, 7) is 8.41. The van der Waals surface area contributed by atoms with Gasteiger partial charge in [0.15, 0.2) is 6.04 Å². The van der Waals surface area contributed by atoms with E-state index in [0.717, 1.165) is 29.8 Å². The van der Waals surface area contributed by atoms with Crippen LogP contribution in [0.3, 0.4) is 0 Å². The number of carbonyl (C=O) groups is 1. The van der Waals surface area contributed by atoms with Gasteiger partial charge in [0.2, 0.25) is 0 Å². The van der Waals surface area contributed by atoms with E-state index in [4.69, 9.17) is 0 Å². The number of benzene rings is 1. The Hall–Kier alpha value is -1.72. The van der Waals surface area contributed by atoms with E-state index in [-0.39, 0.29) is 9.79 Å². The van der Waals surface area contributed by atoms with Gasteiger partial charge in [0.25, 0.3) is 0 Å². The standard InChI is InChI=1S/C19H24NO5P/c1-4-7-17-19(2,3)14-12-13(26(23,24)25)9-10-15(14)20(17)11-6-5-8-16(20)18(21)22/h4,7,9-10,12,16H,1,5-6,8,11H2,2-3H3,(H2-,21,22,23,24,25)/p+1. The summed E-state index contributed by atoms with van der Waals surface area (Å²) in [6.07, 6.45) is 5.86. The summed E-state index contributed by atoms with van der Waals surface area (Å²) in [5, 5.41) is 9.90. The zero-order valence-corrected chi connectivity index (χ0v) is 15.9. The molecule has 2 aliphatic rings. The van der Waals surface area contributed by atoms with Crippen molar-refractivity contribution in [1.29, 1.82) is 0 Å². The second-order valence-electron chi connectivity index (χ2n) is 7.60. The summed E-state index contributed by atoms with van der Waals surface area (Å²) < 4.78 is 12.0. The fraction of sp³-hybridized carbons (Fsp3) is 0.421. The fourth-order valence-corrected chi connectivity index (χ4v) is 5.30. The van der Waals surface area contributed by atoms with Gasteiger partial charge in [0.05, 0.1) is 17.3 Å². The van der Waals surface area contributed by atoms with Crippen LogP contribution in [-0.4, -0.2) is 33.4 Å². The number of hydrogen-bond donors (Lipinski definition) is 3. The summed E-state index contributed by atoms with van der Waals surface area (Å²) in [5.41, 5.74) is 1.96. The molecule has 1 fully saturated rings. The first kappa shape index (κ1) is 19.1. The van der Waals surface area contributed by atoms with Gasteiger partial charge in [-0.25, -0.2) is 9.28 Å². The van der Waals surface area contributed by atoms with Gasteiger partial charge in [-0.2, -0.15) is 0 Å². The minimum Gasteiger partial charge on any atom is -0.477 e. The number of quaternary nitrogens is 1. The Bertz CT molecular complexity index is 853. The van der Waals surface area contributed by atoms with Crippen LogP contribution in [0.2, 0.25) is 0 Å². The molecule has 0 aromatic heterocycles. The maximum Gasteiger partial charge on any atom is 0.363 e. The molecular formula is C19H25NO5P+. The van der Waals surface area contributed by atoms with Gasteiger partial charge in [-0.3, -0.25) is 4.57 Å². The number of carboxylic acids is 1. The molecule has 2 atom stereocenters. The first-order valence-corrected chi connectivity index (χ1v) is 10.3. The van der Waals surface area contributed by atoms with Crippen LogP contribution >= 0.6 is 7.60 Å². The minimum atomic E-state index is -4.39. The molecule has 7 heteroatoms. The van der Waals surface area contributed by atoms with Crippen LogP contribution in [0.15, 0.2) is 42.6 Å². The van der Waals surface area contributed by atoms with Crippen LogP contribution in [0.5, 0.6) is 0 Å². The summed E-state index contributed by atoms with van der Waals surface area (Å²) in [4.78, 5) is 31.3. The molecule has 140 valence electrons. The van der Waals surface area contributed by atoms with Gasteiger partial charge in [-0.05, 0) is 44.9 Å². The fourth-order valence-electron chi connectivity index (χ4n) is 4.74. The molecule has 0 radical (unpaired) electrons. The highest BCUT2D eigenvalue weighted by Gasteiger charge is 2.60. The van der Waals surface area contributed by atoms with Crippen LogP contribution in [0.4, 0.5) is 5.69 Å². The Morgan fingerprint density at radius 3 is 2.62 bits per heavy atom. The van der Waals surface area contributed by atoms with E-state index in [1.807, 2.05) is 19.9 Å². The first-order chi connectivity index (χ1) is 12.1. The van der Waals surface area contributed by atoms with E-state index in [1.54, 1.807) is 18.2 Å². The molecule has 1 aromatic carbocycles. The molecule has 6 nitrogen and oxygen atoms in total. The van der Waals surface area contributed by atoms with Crippen molar-refractivity contribution in [2.45, 2.75) is 44.6 Å². The quantitative estimate of drug-likeness (QED) is 0.555. The Morgan fingerprint density at radius 2 is 2.04 bits per heavy atom. The smallest absolute Gasteiger partial charge is 0.363 e. The molecule has 26 heavy (non-hydrogen) atoms. The lowest BCUT2D eigenvalue weighted by Crippen LogP contribution is -2.61. The lowest BCUT2D eigenvalue weighted by atomic mass is 9.83. The number of aliphatic carboxylic acids is 1. The number of piperidine rings is 1. The van der Waals surface area contributed by atoms with E-state index in [1.165, 1.54) is 6.07 Å². The van der Waals surface area contributed by atoms with Crippen LogP contribution in [-0.2, 0) is 14.8 Å². The molecule has 2 aliphatic heterocycles. The molecule has 3 rings (SSSR count). The Balaban J connectivity index is 2.36. The molecule has 0 saturated carbocycles. The third kappa shape index (κ3) is 2.60. The molecule has 1 spiro atoms. The SMILES string of the molecule is C=CC=C1C(C)(C)c2cc(P(=O)(O)O)ccc2[N+]12CCCCC2C(=O)O. The highest BCUT2D eigenvalue weighted by molar-refractivity contribution is 7.60. The molecule has 3 N–H and O–H groups in total. The second-order valence-corrected chi connectivity index (χ2v) is 9.20. The number of allylic oxidation sites excluding steroid dienone is 3. The molecule has 1 saturated heterocycles. The summed E-state index contributed by atoms with van der Waals surface area (Å²) in [5.74, 6) is -0.845. The Labute approximate surface area is 153 Å². The predicted octanol–water partition coefficient (Wildman–Crippen LogP) is 2.80. The third-order valence-electron chi connectivity index (χ3n) is 5.82. The molecule has 1 aromatic rings. The van der Waals surface area contributed by atoms with Gasteiger partial charge in [-0.15, -0.1) is 0 Å². The van der Waals surface area contributed by atoms with Gasteiger partial charge in [0.1, 0.15) is 11.4 Å². The van der Waals surface area contributed by atoms with E-state index in [2.05, 4.69) is 6.58 Å². The summed E-state index contributed by atoms with van der Waals surface area (Å²) in [7, 11) is -4.39. The Morgan fingerprint density at radius 1 is 1.35 bits per heavy atom. The van der Waals surface area contributed by atoms with E-state index in [9.17, 15) is 24.3 Å². The molecule has 2 heterocycles. The van der Waals surface area contributed by atoms with Gasteiger partial charge < -0.3 is 14.9 Å². The number of fused-ring (bicyclic) bond motifs is 2. The van der Waals surface area contributed by atoms with Crippen molar-refractivity contribution in [2.24, 2.45) is 0 Å². The average Bonchev–Trinajstić information content (AvgIpc) is 2.74. The molecular weight excluding hydrogens is 353 g/mol. The lowest BCUT2D eigenvalue weighted by Gasteiger charge is -2.44. The predicted molar refractivity (Wildman–Crippen MR) is 101 cm³/mol. The zero-order valence-electron chi connectivity index (χ0n) is 15.1.